The highest BCUT2D eigenvalue weighted by Crippen LogP contribution is 2.56. The number of alkyl halides is 3. The molecule has 0 heterocycles. The summed E-state index contributed by atoms with van der Waals surface area (Å²) in [5.41, 5.74) is 0.0920. The van der Waals surface area contributed by atoms with Crippen molar-refractivity contribution < 1.29 is 13.2 Å². The van der Waals surface area contributed by atoms with Gasteiger partial charge in [0, 0.05) is 0 Å². The van der Waals surface area contributed by atoms with Crippen molar-refractivity contribution in [2.24, 2.45) is 11.3 Å². The van der Waals surface area contributed by atoms with Crippen LogP contribution in [0.25, 0.3) is 0 Å². The highest BCUT2D eigenvalue weighted by molar-refractivity contribution is 6.30. The van der Waals surface area contributed by atoms with E-state index >= 15 is 0 Å². The summed E-state index contributed by atoms with van der Waals surface area (Å²) in [6.45, 7) is 5.22. The van der Waals surface area contributed by atoms with Crippen molar-refractivity contribution >= 4 is 11.6 Å². The van der Waals surface area contributed by atoms with Crippen LogP contribution in [0, 0.1) is 17.8 Å². The average molecular weight is 212 g/mol. The Morgan fingerprint density at radius 1 is 1.38 bits per heavy atom. The van der Waals surface area contributed by atoms with E-state index in [2.05, 4.69) is 0 Å². The Labute approximate surface area is 80.8 Å². The lowest BCUT2D eigenvalue weighted by Gasteiger charge is -2.10. The number of allylic oxidation sites excluding steroid dienone is 2. The summed E-state index contributed by atoms with van der Waals surface area (Å²) >= 11 is 5.20. The van der Waals surface area contributed by atoms with Gasteiger partial charge in [-0.05, 0) is 30.3 Å². The van der Waals surface area contributed by atoms with E-state index in [0.717, 1.165) is 0 Å². The Hall–Kier alpha value is -0.180. The van der Waals surface area contributed by atoms with Gasteiger partial charge in [0.25, 0.3) is 0 Å². The zero-order valence-electron chi connectivity index (χ0n) is 7.67. The fourth-order valence-electron chi connectivity index (χ4n) is 1.42. The average Bonchev–Trinajstić information content (AvgIpc) is 2.55. The molecule has 0 aromatic heterocycles. The maximum Gasteiger partial charge on any atom is 0.426 e. The molecule has 0 nitrogen and oxygen atoms in total. The summed E-state index contributed by atoms with van der Waals surface area (Å²) in [7, 11) is 0. The summed E-state index contributed by atoms with van der Waals surface area (Å²) in [4.78, 5) is 0. The highest BCUT2D eigenvalue weighted by atomic mass is 35.5. The first-order chi connectivity index (χ1) is 5.66. The van der Waals surface area contributed by atoms with E-state index in [-0.39, 0.29) is 16.9 Å². The number of hydrogen-bond acceptors (Lipinski definition) is 0. The molecule has 1 radical (unpaired) electrons. The van der Waals surface area contributed by atoms with Gasteiger partial charge in [0.2, 0.25) is 0 Å². The van der Waals surface area contributed by atoms with Crippen molar-refractivity contribution in [3.05, 3.63) is 17.0 Å². The zero-order valence-corrected chi connectivity index (χ0v) is 8.42. The van der Waals surface area contributed by atoms with E-state index in [4.69, 9.17) is 11.6 Å². The number of hydrogen-bond donors (Lipinski definition) is 0. The van der Waals surface area contributed by atoms with Crippen molar-refractivity contribution in [2.75, 3.05) is 0 Å². The molecule has 1 fully saturated rings. The Bertz CT molecular complexity index is 250. The third-order valence-electron chi connectivity index (χ3n) is 2.35. The summed E-state index contributed by atoms with van der Waals surface area (Å²) in [5.74, 6) is -0.123. The van der Waals surface area contributed by atoms with Gasteiger partial charge in [-0.2, -0.15) is 13.2 Å². The molecule has 75 valence electrons. The van der Waals surface area contributed by atoms with Crippen LogP contribution in [-0.4, -0.2) is 6.18 Å². The predicted molar refractivity (Wildman–Crippen MR) is 46.2 cm³/mol. The minimum atomic E-state index is -4.40. The van der Waals surface area contributed by atoms with Crippen LogP contribution in [0.5, 0.6) is 0 Å². The van der Waals surface area contributed by atoms with Gasteiger partial charge in [-0.3, -0.25) is 0 Å². The second-order valence-electron chi connectivity index (χ2n) is 3.96. The van der Waals surface area contributed by atoms with E-state index in [1.807, 2.05) is 20.3 Å². The standard InChI is InChI=1S/C9H11ClF3/c1-5(6-4-8(6,2)3)7(10)9(11,12)13/h4,6H,1-3H3. The molecular weight excluding hydrogens is 201 g/mol. The van der Waals surface area contributed by atoms with Gasteiger partial charge in [-0.1, -0.05) is 25.4 Å². The summed E-state index contributed by atoms with van der Waals surface area (Å²) in [5, 5.41) is -0.973. The fraction of sp³-hybridized carbons (Fsp3) is 0.667. The maximum atomic E-state index is 12.1. The zero-order chi connectivity index (χ0) is 10.4. The van der Waals surface area contributed by atoms with Crippen LogP contribution in [0.2, 0.25) is 0 Å². The first-order valence-electron chi connectivity index (χ1n) is 3.96. The number of rotatable bonds is 1. The monoisotopic (exact) mass is 211 g/mol. The van der Waals surface area contributed by atoms with Crippen LogP contribution in [0.1, 0.15) is 20.8 Å². The van der Waals surface area contributed by atoms with Crippen LogP contribution in [0.3, 0.4) is 0 Å². The van der Waals surface area contributed by atoms with Crippen LogP contribution < -0.4 is 0 Å². The summed E-state index contributed by atoms with van der Waals surface area (Å²) < 4.78 is 36.4. The molecule has 1 aliphatic carbocycles. The molecule has 0 N–H and O–H groups in total. The second-order valence-corrected chi connectivity index (χ2v) is 4.34. The molecule has 0 bridgehead atoms. The quantitative estimate of drug-likeness (QED) is 0.617. The normalized spacial score (nSPS) is 28.4. The first kappa shape index (κ1) is 10.9. The molecule has 0 saturated heterocycles. The van der Waals surface area contributed by atoms with Crippen molar-refractivity contribution in [3.8, 4) is 0 Å². The molecule has 0 aliphatic heterocycles. The third-order valence-corrected chi connectivity index (χ3v) is 2.86. The van der Waals surface area contributed by atoms with Crippen molar-refractivity contribution in [1.29, 1.82) is 0 Å². The Balaban J connectivity index is 2.83. The molecule has 1 saturated carbocycles. The van der Waals surface area contributed by atoms with Gasteiger partial charge in [0.1, 0.15) is 5.03 Å². The van der Waals surface area contributed by atoms with Crippen LogP contribution in [0.15, 0.2) is 10.6 Å². The van der Waals surface area contributed by atoms with Crippen LogP contribution in [0.4, 0.5) is 13.2 Å². The lowest BCUT2D eigenvalue weighted by Crippen LogP contribution is -2.10. The molecular formula is C9H11ClF3. The molecule has 0 aromatic rings. The minimum Gasteiger partial charge on any atom is -0.165 e. The smallest absolute Gasteiger partial charge is 0.165 e. The maximum absolute atomic E-state index is 12.1. The van der Waals surface area contributed by atoms with Crippen molar-refractivity contribution in [2.45, 2.75) is 26.9 Å². The van der Waals surface area contributed by atoms with E-state index in [0.29, 0.717) is 0 Å². The van der Waals surface area contributed by atoms with E-state index in [1.165, 1.54) is 6.92 Å². The molecule has 1 atom stereocenters. The number of halogens is 4. The topological polar surface area (TPSA) is 0 Å². The predicted octanol–water partition coefficient (Wildman–Crippen LogP) is 3.92. The van der Waals surface area contributed by atoms with Gasteiger partial charge in [-0.25, -0.2) is 0 Å². The van der Waals surface area contributed by atoms with E-state index < -0.39 is 11.2 Å². The van der Waals surface area contributed by atoms with Gasteiger partial charge < -0.3 is 0 Å². The fourth-order valence-corrected chi connectivity index (χ4v) is 1.54. The Morgan fingerprint density at radius 3 is 2.00 bits per heavy atom. The Morgan fingerprint density at radius 2 is 1.77 bits per heavy atom. The second kappa shape index (κ2) is 2.91. The van der Waals surface area contributed by atoms with Crippen molar-refractivity contribution in [3.63, 3.8) is 0 Å². The third kappa shape index (κ3) is 2.19. The Kier molecular flexibility index (Phi) is 2.44. The van der Waals surface area contributed by atoms with Crippen LogP contribution in [-0.2, 0) is 0 Å². The molecule has 4 heteroatoms. The lowest BCUT2D eigenvalue weighted by molar-refractivity contribution is -0.0855. The van der Waals surface area contributed by atoms with Gasteiger partial charge >= 0.3 is 6.18 Å². The minimum absolute atomic E-state index is 0.123. The lowest BCUT2D eigenvalue weighted by atomic mass is 10.0. The largest absolute Gasteiger partial charge is 0.426 e. The molecule has 0 aromatic carbocycles. The molecule has 0 amide bonds. The van der Waals surface area contributed by atoms with Gasteiger partial charge in [0.15, 0.2) is 0 Å². The summed E-state index contributed by atoms with van der Waals surface area (Å²) in [6.07, 6.45) is -2.55. The van der Waals surface area contributed by atoms with Crippen molar-refractivity contribution in [1.82, 2.24) is 0 Å². The van der Waals surface area contributed by atoms with Gasteiger partial charge in [-0.15, -0.1) is 0 Å². The van der Waals surface area contributed by atoms with Gasteiger partial charge in [0.05, 0.1) is 0 Å². The highest BCUT2D eigenvalue weighted by Gasteiger charge is 2.49. The SMILES string of the molecule is CC(=C(Cl)C(F)(F)F)C1[CH]C1(C)C. The molecule has 1 unspecified atom stereocenters. The molecule has 1 aliphatic rings. The van der Waals surface area contributed by atoms with Crippen LogP contribution >= 0.6 is 11.6 Å². The molecule has 1 rings (SSSR count). The summed E-state index contributed by atoms with van der Waals surface area (Å²) in [6, 6.07) is 0. The first-order valence-corrected chi connectivity index (χ1v) is 4.33. The molecule has 0 spiro atoms. The molecule has 13 heavy (non-hydrogen) atoms. The van der Waals surface area contributed by atoms with E-state index in [9.17, 15) is 13.2 Å². The van der Waals surface area contributed by atoms with E-state index in [1.54, 1.807) is 0 Å².